The van der Waals surface area contributed by atoms with E-state index in [0.717, 1.165) is 19.1 Å². The summed E-state index contributed by atoms with van der Waals surface area (Å²) < 4.78 is 0. The quantitative estimate of drug-likeness (QED) is 0.273. The molecular formula is C28H43ClN4O4. The van der Waals surface area contributed by atoms with Crippen molar-refractivity contribution in [3.8, 4) is 11.3 Å². The lowest BCUT2D eigenvalue weighted by molar-refractivity contribution is 0.0945. The number of amides is 1. The summed E-state index contributed by atoms with van der Waals surface area (Å²) in [4.78, 5) is 20.4. The summed E-state index contributed by atoms with van der Waals surface area (Å²) in [5, 5.41) is 31.0. The van der Waals surface area contributed by atoms with Gasteiger partial charge < -0.3 is 26.0 Å². The molecule has 0 saturated carbocycles. The Morgan fingerprint density at radius 2 is 1.46 bits per heavy atom. The molecule has 0 bridgehead atoms. The molecule has 5 N–H and O–H groups in total. The monoisotopic (exact) mass is 534 g/mol. The van der Waals surface area contributed by atoms with Crippen LogP contribution in [0.1, 0.15) is 51.4 Å². The normalized spacial score (nSPS) is 9.78. The van der Waals surface area contributed by atoms with Crippen LogP contribution >= 0.6 is 11.6 Å². The molecule has 0 fully saturated rings. The average Bonchev–Trinajstić information content (AvgIpc) is 3.00. The summed E-state index contributed by atoms with van der Waals surface area (Å²) in [5.41, 5.74) is 1.76. The number of carbonyl (C=O) groups excluding carboxylic acids is 1. The van der Waals surface area contributed by atoms with Gasteiger partial charge in [0.2, 0.25) is 5.95 Å². The maximum Gasteiger partial charge on any atom is 0.251 e. The Kier molecular flexibility index (Phi) is 24.1. The first-order valence-corrected chi connectivity index (χ1v) is 12.8. The topological polar surface area (TPSA) is 128 Å². The van der Waals surface area contributed by atoms with Gasteiger partial charge in [-0.2, -0.15) is 0 Å². The van der Waals surface area contributed by atoms with Gasteiger partial charge in [0.1, 0.15) is 0 Å². The fourth-order valence-corrected chi connectivity index (χ4v) is 2.73. The number of carbonyl (C=O) groups is 1. The highest BCUT2D eigenvalue weighted by Crippen LogP contribution is 2.26. The molecule has 1 atom stereocenters. The second-order valence-corrected chi connectivity index (χ2v) is 6.94. The third-order valence-corrected chi connectivity index (χ3v) is 4.55. The van der Waals surface area contributed by atoms with Crippen LogP contribution in [0.4, 0.5) is 5.95 Å². The molecule has 37 heavy (non-hydrogen) atoms. The minimum atomic E-state index is -0.259. The summed E-state index contributed by atoms with van der Waals surface area (Å²) in [6.07, 6.45) is 2.23. The standard InChI is InChI=1S/C17H21ClN4O3.C6H6.2C2H6.CH4O/c1-2-13(10-24)21-17-20-9-14(18)15(22-17)11-3-5-12(6-4-11)16(25)19-7-8-23;1-2-4-6-5-3-1;3*1-2/h3-6,9,13,23-24H,2,7-8,10H2,1H3,(H,19,25)(H,20,21,22);1-6H;2*1-2H3;2H,1H3. The molecule has 0 spiro atoms. The van der Waals surface area contributed by atoms with Crippen molar-refractivity contribution in [2.75, 3.05) is 32.2 Å². The Bertz CT molecular complexity index is 899. The van der Waals surface area contributed by atoms with E-state index in [9.17, 15) is 9.90 Å². The van der Waals surface area contributed by atoms with Gasteiger partial charge in [-0.05, 0) is 18.6 Å². The summed E-state index contributed by atoms with van der Waals surface area (Å²) in [5.74, 6) is 0.121. The van der Waals surface area contributed by atoms with Crippen LogP contribution in [0.3, 0.4) is 0 Å². The number of aliphatic hydroxyl groups excluding tert-OH is 3. The molecule has 8 nitrogen and oxygen atoms in total. The molecule has 1 aromatic heterocycles. The number of hydrogen-bond acceptors (Lipinski definition) is 7. The van der Waals surface area contributed by atoms with Gasteiger partial charge in [-0.15, -0.1) is 0 Å². The Labute approximate surface area is 226 Å². The lowest BCUT2D eigenvalue weighted by Gasteiger charge is -2.14. The van der Waals surface area contributed by atoms with Crippen LogP contribution in [0, 0.1) is 0 Å². The van der Waals surface area contributed by atoms with Gasteiger partial charge in [0.15, 0.2) is 0 Å². The van der Waals surface area contributed by atoms with Gasteiger partial charge in [0, 0.05) is 24.8 Å². The molecule has 0 aliphatic rings. The van der Waals surface area contributed by atoms with Crippen LogP contribution in [0.15, 0.2) is 66.9 Å². The molecule has 3 rings (SSSR count). The number of nitrogens with zero attached hydrogens (tertiary/aromatic N) is 2. The van der Waals surface area contributed by atoms with Gasteiger partial charge in [-0.25, -0.2) is 9.97 Å². The second kappa shape index (κ2) is 24.6. The highest BCUT2D eigenvalue weighted by molar-refractivity contribution is 6.32. The molecular weight excluding hydrogens is 492 g/mol. The van der Waals surface area contributed by atoms with E-state index in [-0.39, 0.29) is 31.7 Å². The molecule has 0 aliphatic carbocycles. The second-order valence-electron chi connectivity index (χ2n) is 6.53. The number of hydrogen-bond donors (Lipinski definition) is 5. The molecule has 0 radical (unpaired) electrons. The number of nitrogens with one attached hydrogen (secondary N) is 2. The number of aromatic nitrogens is 2. The van der Waals surface area contributed by atoms with E-state index in [1.165, 1.54) is 6.20 Å². The first-order chi connectivity index (χ1) is 18.1. The molecule has 1 heterocycles. The molecule has 2 aromatic carbocycles. The Balaban J connectivity index is 0. The van der Waals surface area contributed by atoms with Gasteiger partial charge in [0.05, 0.1) is 36.2 Å². The van der Waals surface area contributed by atoms with Crippen LogP contribution in [-0.4, -0.2) is 64.1 Å². The van der Waals surface area contributed by atoms with Gasteiger partial charge in [-0.3, -0.25) is 4.79 Å². The van der Waals surface area contributed by atoms with Crippen molar-refractivity contribution >= 4 is 23.5 Å². The summed E-state index contributed by atoms with van der Waals surface area (Å²) >= 11 is 6.20. The molecule has 1 amide bonds. The third-order valence-electron chi connectivity index (χ3n) is 4.28. The predicted molar refractivity (Wildman–Crippen MR) is 154 cm³/mol. The van der Waals surface area contributed by atoms with Crippen LogP contribution in [0.5, 0.6) is 0 Å². The zero-order chi connectivity index (χ0) is 28.5. The SMILES string of the molecule is CC.CC.CCC(CO)Nc1ncc(Cl)c(-c2ccc(C(=O)NCCO)cc2)n1.CO.c1ccccc1. The average molecular weight is 535 g/mol. The molecule has 0 aliphatic heterocycles. The van der Waals surface area contributed by atoms with Crippen LogP contribution < -0.4 is 10.6 Å². The van der Waals surface area contributed by atoms with Crippen molar-refractivity contribution in [3.05, 3.63) is 77.4 Å². The highest BCUT2D eigenvalue weighted by Gasteiger charge is 2.12. The zero-order valence-corrected chi connectivity index (χ0v) is 23.5. The maximum atomic E-state index is 11.9. The van der Waals surface area contributed by atoms with E-state index in [1.54, 1.807) is 24.3 Å². The summed E-state index contributed by atoms with van der Waals surface area (Å²) in [6, 6.07) is 18.7. The Hall–Kier alpha value is -3.04. The van der Waals surface area contributed by atoms with Gasteiger partial charge in [0.25, 0.3) is 5.91 Å². The maximum absolute atomic E-state index is 11.9. The van der Waals surface area contributed by atoms with E-state index in [4.69, 9.17) is 21.8 Å². The first kappa shape index (κ1) is 36.1. The van der Waals surface area contributed by atoms with Crippen molar-refractivity contribution in [1.29, 1.82) is 0 Å². The van der Waals surface area contributed by atoms with Crippen molar-refractivity contribution in [3.63, 3.8) is 0 Å². The Morgan fingerprint density at radius 1 is 0.946 bits per heavy atom. The van der Waals surface area contributed by atoms with E-state index >= 15 is 0 Å². The van der Waals surface area contributed by atoms with Crippen molar-refractivity contribution < 1.29 is 20.1 Å². The zero-order valence-electron chi connectivity index (χ0n) is 22.8. The predicted octanol–water partition coefficient (Wildman–Crippen LogP) is 5.05. The van der Waals surface area contributed by atoms with E-state index in [0.29, 0.717) is 22.2 Å². The minimum Gasteiger partial charge on any atom is -0.400 e. The fraction of sp³-hybridized carbons (Fsp3) is 0.393. The van der Waals surface area contributed by atoms with Crippen LogP contribution in [0.25, 0.3) is 11.3 Å². The van der Waals surface area contributed by atoms with E-state index in [2.05, 4.69) is 20.6 Å². The van der Waals surface area contributed by atoms with Crippen molar-refractivity contribution in [1.82, 2.24) is 15.3 Å². The molecule has 206 valence electrons. The number of rotatable bonds is 8. The fourth-order valence-electron chi connectivity index (χ4n) is 2.53. The highest BCUT2D eigenvalue weighted by atomic mass is 35.5. The number of halogens is 1. The molecule has 0 saturated heterocycles. The number of benzene rings is 2. The molecule has 1 unspecified atom stereocenters. The smallest absolute Gasteiger partial charge is 0.251 e. The Morgan fingerprint density at radius 3 is 1.89 bits per heavy atom. The molecule has 3 aromatic rings. The third kappa shape index (κ3) is 15.0. The van der Waals surface area contributed by atoms with Crippen LogP contribution in [-0.2, 0) is 0 Å². The van der Waals surface area contributed by atoms with Gasteiger partial charge in [-0.1, -0.05) is 94.8 Å². The lowest BCUT2D eigenvalue weighted by Crippen LogP contribution is -2.26. The van der Waals surface area contributed by atoms with Gasteiger partial charge >= 0.3 is 0 Å². The van der Waals surface area contributed by atoms with Crippen molar-refractivity contribution in [2.45, 2.75) is 47.1 Å². The largest absolute Gasteiger partial charge is 0.400 e. The van der Waals surface area contributed by atoms with E-state index in [1.807, 2.05) is 71.0 Å². The van der Waals surface area contributed by atoms with Crippen molar-refractivity contribution in [2.24, 2.45) is 0 Å². The summed E-state index contributed by atoms with van der Waals surface area (Å²) in [6.45, 7) is 10.0. The number of aliphatic hydroxyl groups is 3. The lowest BCUT2D eigenvalue weighted by atomic mass is 10.1. The van der Waals surface area contributed by atoms with Crippen LogP contribution in [0.2, 0.25) is 5.02 Å². The molecule has 9 heteroatoms. The first-order valence-electron chi connectivity index (χ1n) is 12.4. The van der Waals surface area contributed by atoms with E-state index < -0.39 is 0 Å². The number of anilines is 1. The summed E-state index contributed by atoms with van der Waals surface area (Å²) in [7, 11) is 1.00. The minimum absolute atomic E-state index is 0.0184.